The highest BCUT2D eigenvalue weighted by Crippen LogP contribution is 2.28. The molecule has 1 heterocycles. The molecule has 0 aliphatic heterocycles. The minimum Gasteiger partial charge on any atom is -0.502 e. The Hall–Kier alpha value is -2.96. The molecular weight excluding hydrogens is 298 g/mol. The molecule has 0 unspecified atom stereocenters. The fourth-order valence-electron chi connectivity index (χ4n) is 2.37. The van der Waals surface area contributed by atoms with Crippen molar-refractivity contribution in [3.63, 3.8) is 0 Å². The van der Waals surface area contributed by atoms with E-state index in [-0.39, 0.29) is 17.5 Å². The molecule has 0 saturated carbocycles. The maximum absolute atomic E-state index is 12.6. The molecule has 23 heavy (non-hydrogen) atoms. The third-order valence-electron chi connectivity index (χ3n) is 3.65. The van der Waals surface area contributed by atoms with E-state index in [2.05, 4.69) is 4.98 Å². The van der Waals surface area contributed by atoms with Crippen LogP contribution in [-0.2, 0) is 0 Å². The summed E-state index contributed by atoms with van der Waals surface area (Å²) in [4.78, 5) is 28.3. The van der Waals surface area contributed by atoms with Gasteiger partial charge >= 0.3 is 5.69 Å². The number of pyridine rings is 1. The van der Waals surface area contributed by atoms with Gasteiger partial charge in [0, 0.05) is 30.6 Å². The van der Waals surface area contributed by atoms with E-state index in [0.29, 0.717) is 6.54 Å². The largest absolute Gasteiger partial charge is 0.502 e. The van der Waals surface area contributed by atoms with Crippen LogP contribution in [0.15, 0.2) is 42.7 Å². The maximum Gasteiger partial charge on any atom is 0.310 e. The van der Waals surface area contributed by atoms with Crippen molar-refractivity contribution in [1.29, 1.82) is 0 Å². The fourth-order valence-corrected chi connectivity index (χ4v) is 2.37. The summed E-state index contributed by atoms with van der Waals surface area (Å²) in [5.74, 6) is -0.833. The zero-order valence-corrected chi connectivity index (χ0v) is 12.8. The fraction of sp³-hybridized carbons (Fsp3) is 0.250. The molecule has 0 fully saturated rings. The molecule has 7 heteroatoms. The molecule has 2 rings (SSSR count). The standard InChI is InChI=1S/C16H17N3O4/c1-3-18(11(2)13-5-4-8-17-10-13)16(21)12-6-7-14(19(22)23)15(20)9-12/h4-11,20H,3H2,1-2H3/t11-/m1/s1. The predicted octanol–water partition coefficient (Wildman–Crippen LogP) is 2.92. The van der Waals surface area contributed by atoms with Crippen molar-refractivity contribution in [2.24, 2.45) is 0 Å². The van der Waals surface area contributed by atoms with Crippen LogP contribution in [0.4, 0.5) is 5.69 Å². The van der Waals surface area contributed by atoms with Crippen LogP contribution < -0.4 is 0 Å². The molecule has 1 atom stereocenters. The Balaban J connectivity index is 2.30. The van der Waals surface area contributed by atoms with Crippen LogP contribution in [0.2, 0.25) is 0 Å². The maximum atomic E-state index is 12.6. The number of hydrogen-bond acceptors (Lipinski definition) is 5. The number of carbonyl (C=O) groups excluding carboxylic acids is 1. The molecule has 1 aromatic heterocycles. The SMILES string of the molecule is CCN(C(=O)c1ccc([N+](=O)[O-])c(O)c1)[C@H](C)c1cccnc1. The normalized spacial score (nSPS) is 11.7. The predicted molar refractivity (Wildman–Crippen MR) is 84.1 cm³/mol. The Labute approximate surface area is 133 Å². The number of aromatic nitrogens is 1. The molecule has 0 spiro atoms. The lowest BCUT2D eigenvalue weighted by molar-refractivity contribution is -0.385. The number of nitrogens with zero attached hydrogens (tertiary/aromatic N) is 3. The second kappa shape index (κ2) is 6.87. The average molecular weight is 315 g/mol. The summed E-state index contributed by atoms with van der Waals surface area (Å²) in [5, 5.41) is 20.4. The van der Waals surface area contributed by atoms with Crippen molar-refractivity contribution >= 4 is 11.6 Å². The number of benzene rings is 1. The molecule has 2 aromatic rings. The van der Waals surface area contributed by atoms with E-state index in [0.717, 1.165) is 17.7 Å². The molecule has 1 amide bonds. The van der Waals surface area contributed by atoms with Crippen molar-refractivity contribution in [2.75, 3.05) is 6.54 Å². The van der Waals surface area contributed by atoms with E-state index in [1.807, 2.05) is 19.9 Å². The Morgan fingerprint density at radius 1 is 1.43 bits per heavy atom. The number of rotatable bonds is 5. The zero-order valence-electron chi connectivity index (χ0n) is 12.8. The van der Waals surface area contributed by atoms with Crippen molar-refractivity contribution in [1.82, 2.24) is 9.88 Å². The summed E-state index contributed by atoms with van der Waals surface area (Å²) >= 11 is 0. The minimum atomic E-state index is -0.695. The quantitative estimate of drug-likeness (QED) is 0.676. The van der Waals surface area contributed by atoms with Crippen molar-refractivity contribution in [3.8, 4) is 5.75 Å². The summed E-state index contributed by atoms with van der Waals surface area (Å²) in [6, 6.07) is 7.06. The topological polar surface area (TPSA) is 96.6 Å². The van der Waals surface area contributed by atoms with E-state index in [9.17, 15) is 20.0 Å². The van der Waals surface area contributed by atoms with Crippen LogP contribution >= 0.6 is 0 Å². The van der Waals surface area contributed by atoms with E-state index in [1.54, 1.807) is 23.4 Å². The monoisotopic (exact) mass is 315 g/mol. The Morgan fingerprint density at radius 3 is 2.70 bits per heavy atom. The van der Waals surface area contributed by atoms with Crippen LogP contribution in [0.1, 0.15) is 35.8 Å². The van der Waals surface area contributed by atoms with Gasteiger partial charge in [0.25, 0.3) is 5.91 Å². The van der Waals surface area contributed by atoms with Crippen LogP contribution in [0, 0.1) is 10.1 Å². The van der Waals surface area contributed by atoms with Gasteiger partial charge < -0.3 is 10.0 Å². The first kappa shape index (κ1) is 16.4. The highest BCUT2D eigenvalue weighted by Gasteiger charge is 2.23. The van der Waals surface area contributed by atoms with Gasteiger partial charge in [-0.05, 0) is 37.6 Å². The van der Waals surface area contributed by atoms with Crippen molar-refractivity contribution < 1.29 is 14.8 Å². The first-order valence-corrected chi connectivity index (χ1v) is 7.14. The number of phenols is 1. The summed E-state index contributed by atoms with van der Waals surface area (Å²) in [6.45, 7) is 4.17. The lowest BCUT2D eigenvalue weighted by Gasteiger charge is -2.28. The lowest BCUT2D eigenvalue weighted by Crippen LogP contribution is -2.33. The van der Waals surface area contributed by atoms with Crippen LogP contribution in [0.25, 0.3) is 0 Å². The molecule has 0 aliphatic rings. The van der Waals surface area contributed by atoms with Gasteiger partial charge in [-0.1, -0.05) is 6.07 Å². The second-order valence-electron chi connectivity index (χ2n) is 5.01. The second-order valence-corrected chi connectivity index (χ2v) is 5.01. The Morgan fingerprint density at radius 2 is 2.17 bits per heavy atom. The molecule has 0 bridgehead atoms. The van der Waals surface area contributed by atoms with Crippen LogP contribution in [0.3, 0.4) is 0 Å². The van der Waals surface area contributed by atoms with Gasteiger partial charge in [0.05, 0.1) is 11.0 Å². The zero-order chi connectivity index (χ0) is 17.0. The lowest BCUT2D eigenvalue weighted by atomic mass is 10.1. The van der Waals surface area contributed by atoms with E-state index >= 15 is 0 Å². The molecule has 0 radical (unpaired) electrons. The number of nitro benzene ring substituents is 1. The van der Waals surface area contributed by atoms with Gasteiger partial charge in [-0.3, -0.25) is 19.9 Å². The molecule has 1 aromatic carbocycles. The first-order chi connectivity index (χ1) is 11.0. The summed E-state index contributed by atoms with van der Waals surface area (Å²) < 4.78 is 0. The van der Waals surface area contributed by atoms with Gasteiger partial charge in [0.2, 0.25) is 0 Å². The number of carbonyl (C=O) groups is 1. The molecule has 1 N–H and O–H groups in total. The van der Waals surface area contributed by atoms with Gasteiger partial charge in [0.1, 0.15) is 0 Å². The van der Waals surface area contributed by atoms with Crippen LogP contribution in [-0.4, -0.2) is 32.4 Å². The first-order valence-electron chi connectivity index (χ1n) is 7.14. The minimum absolute atomic E-state index is 0.200. The molecule has 7 nitrogen and oxygen atoms in total. The number of nitro groups is 1. The van der Waals surface area contributed by atoms with Crippen molar-refractivity contribution in [3.05, 3.63) is 64.0 Å². The molecule has 120 valence electrons. The number of amides is 1. The Kier molecular flexibility index (Phi) is 4.90. The van der Waals surface area contributed by atoms with Gasteiger partial charge in [-0.25, -0.2) is 0 Å². The summed E-state index contributed by atoms with van der Waals surface area (Å²) in [5.41, 5.74) is 0.657. The van der Waals surface area contributed by atoms with E-state index in [4.69, 9.17) is 0 Å². The number of hydrogen-bond donors (Lipinski definition) is 1. The summed E-state index contributed by atoms with van der Waals surface area (Å²) in [6.07, 6.45) is 3.34. The Bertz CT molecular complexity index is 719. The number of phenolic OH excluding ortho intramolecular Hbond substituents is 1. The third kappa shape index (κ3) is 3.45. The molecule has 0 aliphatic carbocycles. The highest BCUT2D eigenvalue weighted by molar-refractivity contribution is 5.95. The van der Waals surface area contributed by atoms with Gasteiger partial charge in [-0.15, -0.1) is 0 Å². The van der Waals surface area contributed by atoms with E-state index in [1.165, 1.54) is 6.07 Å². The van der Waals surface area contributed by atoms with Gasteiger partial charge in [0.15, 0.2) is 5.75 Å². The average Bonchev–Trinajstić information content (AvgIpc) is 2.55. The van der Waals surface area contributed by atoms with E-state index < -0.39 is 16.4 Å². The molecular formula is C16H17N3O4. The number of aromatic hydroxyl groups is 1. The van der Waals surface area contributed by atoms with Gasteiger partial charge in [-0.2, -0.15) is 0 Å². The smallest absolute Gasteiger partial charge is 0.310 e. The third-order valence-corrected chi connectivity index (χ3v) is 3.65. The van der Waals surface area contributed by atoms with Crippen molar-refractivity contribution in [2.45, 2.75) is 19.9 Å². The molecule has 0 saturated heterocycles. The van der Waals surface area contributed by atoms with Crippen LogP contribution in [0.5, 0.6) is 5.75 Å². The summed E-state index contributed by atoms with van der Waals surface area (Å²) in [7, 11) is 0. The highest BCUT2D eigenvalue weighted by atomic mass is 16.6.